The summed E-state index contributed by atoms with van der Waals surface area (Å²) in [4.78, 5) is 42.0. The zero-order valence-corrected chi connectivity index (χ0v) is 23.3. The van der Waals surface area contributed by atoms with E-state index in [2.05, 4.69) is 10.2 Å². The molecule has 1 heterocycles. The normalized spacial score (nSPS) is 16.9. The van der Waals surface area contributed by atoms with Gasteiger partial charge in [0, 0.05) is 44.6 Å². The Balaban J connectivity index is 1.76. The standard InChI is InChI=1S/C28H35Cl2FN4O3/c1-18(2)33-28(38)25(16-20-5-10-23(29)24(30)15-20)34-13-14-35(22(17-34)9-11-26(32)36)27(37)12-6-19-3-7-21(31)8-4-19/h3-5,7-8,10,15,18,22,25H,6,9,11-14,16-17H2,1-2H3,(H2,32,36)(H,33,38). The van der Waals surface area contributed by atoms with Gasteiger partial charge in [0.15, 0.2) is 0 Å². The lowest BCUT2D eigenvalue weighted by molar-refractivity contribution is -0.139. The van der Waals surface area contributed by atoms with Gasteiger partial charge in [-0.1, -0.05) is 41.4 Å². The van der Waals surface area contributed by atoms with E-state index >= 15 is 0 Å². The second-order valence-corrected chi connectivity index (χ2v) is 10.8. The summed E-state index contributed by atoms with van der Waals surface area (Å²) in [6.07, 6.45) is 1.70. The summed E-state index contributed by atoms with van der Waals surface area (Å²) in [5.41, 5.74) is 7.17. The number of hydrogen-bond acceptors (Lipinski definition) is 4. The van der Waals surface area contributed by atoms with Gasteiger partial charge in [0.25, 0.3) is 0 Å². The number of amides is 3. The van der Waals surface area contributed by atoms with Crippen molar-refractivity contribution in [2.45, 2.75) is 64.1 Å². The predicted molar refractivity (Wildman–Crippen MR) is 147 cm³/mol. The predicted octanol–water partition coefficient (Wildman–Crippen LogP) is 3.98. The molecule has 3 N–H and O–H groups in total. The Hall–Kier alpha value is -2.68. The lowest BCUT2D eigenvalue weighted by Gasteiger charge is -2.44. The van der Waals surface area contributed by atoms with Crippen LogP contribution in [0, 0.1) is 5.82 Å². The van der Waals surface area contributed by atoms with Crippen molar-refractivity contribution in [3.05, 3.63) is 69.5 Å². The molecule has 0 bridgehead atoms. The van der Waals surface area contributed by atoms with E-state index in [1.807, 2.05) is 19.9 Å². The van der Waals surface area contributed by atoms with E-state index in [0.29, 0.717) is 48.9 Å². The first kappa shape index (κ1) is 29.9. The van der Waals surface area contributed by atoms with E-state index in [1.165, 1.54) is 12.1 Å². The van der Waals surface area contributed by atoms with Crippen LogP contribution in [0.3, 0.4) is 0 Å². The molecule has 10 heteroatoms. The van der Waals surface area contributed by atoms with Gasteiger partial charge >= 0.3 is 0 Å². The number of piperazine rings is 1. The fourth-order valence-electron chi connectivity index (χ4n) is 4.75. The van der Waals surface area contributed by atoms with Gasteiger partial charge in [-0.05, 0) is 68.5 Å². The molecular formula is C28H35Cl2FN4O3. The maximum Gasteiger partial charge on any atom is 0.237 e. The summed E-state index contributed by atoms with van der Waals surface area (Å²) in [5.74, 6) is -0.919. The third-order valence-electron chi connectivity index (χ3n) is 6.69. The first-order valence-corrected chi connectivity index (χ1v) is 13.6. The Morgan fingerprint density at radius 1 is 1.03 bits per heavy atom. The number of hydrogen-bond donors (Lipinski definition) is 2. The third-order valence-corrected chi connectivity index (χ3v) is 7.43. The minimum atomic E-state index is -0.498. The summed E-state index contributed by atoms with van der Waals surface area (Å²) >= 11 is 12.3. The number of carbonyl (C=O) groups is 3. The molecule has 2 aromatic rings. The van der Waals surface area contributed by atoms with Crippen molar-refractivity contribution in [1.82, 2.24) is 15.1 Å². The maximum absolute atomic E-state index is 13.3. The van der Waals surface area contributed by atoms with Crippen LogP contribution in [-0.4, -0.2) is 65.3 Å². The molecule has 7 nitrogen and oxygen atoms in total. The second-order valence-electron chi connectivity index (χ2n) is 10.00. The molecule has 1 fully saturated rings. The van der Waals surface area contributed by atoms with Gasteiger partial charge < -0.3 is 16.0 Å². The van der Waals surface area contributed by atoms with Gasteiger partial charge in [0.1, 0.15) is 5.82 Å². The average Bonchev–Trinajstić information content (AvgIpc) is 2.87. The summed E-state index contributed by atoms with van der Waals surface area (Å²) in [7, 11) is 0. The van der Waals surface area contributed by atoms with Crippen LogP contribution >= 0.6 is 23.2 Å². The molecule has 2 aromatic carbocycles. The molecular weight excluding hydrogens is 530 g/mol. The Morgan fingerprint density at radius 2 is 1.71 bits per heavy atom. The summed E-state index contributed by atoms with van der Waals surface area (Å²) in [6, 6.07) is 10.6. The number of halogens is 3. The summed E-state index contributed by atoms with van der Waals surface area (Å²) in [5, 5.41) is 3.87. The van der Waals surface area contributed by atoms with Crippen molar-refractivity contribution in [2.75, 3.05) is 19.6 Å². The number of nitrogens with one attached hydrogen (secondary N) is 1. The molecule has 0 aliphatic carbocycles. The largest absolute Gasteiger partial charge is 0.370 e. The Bertz CT molecular complexity index is 1130. The number of nitrogens with zero attached hydrogens (tertiary/aromatic N) is 2. The van der Waals surface area contributed by atoms with E-state index in [4.69, 9.17) is 28.9 Å². The van der Waals surface area contributed by atoms with Crippen LogP contribution in [0.2, 0.25) is 10.0 Å². The first-order chi connectivity index (χ1) is 18.0. The maximum atomic E-state index is 13.3. The average molecular weight is 566 g/mol. The number of aryl methyl sites for hydroxylation is 1. The third kappa shape index (κ3) is 8.68. The Labute approximate surface area is 233 Å². The van der Waals surface area contributed by atoms with Crippen molar-refractivity contribution in [3.63, 3.8) is 0 Å². The highest BCUT2D eigenvalue weighted by Crippen LogP contribution is 2.25. The molecule has 1 saturated heterocycles. The van der Waals surface area contributed by atoms with Crippen LogP contribution in [0.5, 0.6) is 0 Å². The monoisotopic (exact) mass is 564 g/mol. The van der Waals surface area contributed by atoms with Gasteiger partial charge in [-0.25, -0.2) is 4.39 Å². The molecule has 0 radical (unpaired) electrons. The van der Waals surface area contributed by atoms with Crippen LogP contribution < -0.4 is 11.1 Å². The van der Waals surface area contributed by atoms with Crippen LogP contribution in [0.1, 0.15) is 44.2 Å². The van der Waals surface area contributed by atoms with E-state index < -0.39 is 11.9 Å². The number of benzene rings is 2. The molecule has 38 heavy (non-hydrogen) atoms. The van der Waals surface area contributed by atoms with Crippen molar-refractivity contribution >= 4 is 40.9 Å². The highest BCUT2D eigenvalue weighted by molar-refractivity contribution is 6.42. The van der Waals surface area contributed by atoms with Crippen LogP contribution in [0.15, 0.2) is 42.5 Å². The first-order valence-electron chi connectivity index (χ1n) is 12.8. The fraction of sp³-hybridized carbons (Fsp3) is 0.464. The molecule has 0 spiro atoms. The van der Waals surface area contributed by atoms with Gasteiger partial charge in [0.05, 0.1) is 16.1 Å². The van der Waals surface area contributed by atoms with Crippen molar-refractivity contribution in [3.8, 4) is 0 Å². The second kappa shape index (κ2) is 13.9. The lowest BCUT2D eigenvalue weighted by atomic mass is 9.98. The molecule has 0 saturated carbocycles. The Morgan fingerprint density at radius 3 is 2.34 bits per heavy atom. The van der Waals surface area contributed by atoms with Crippen LogP contribution in [0.25, 0.3) is 0 Å². The van der Waals surface area contributed by atoms with E-state index in [-0.39, 0.29) is 42.6 Å². The van der Waals surface area contributed by atoms with Gasteiger partial charge in [0.2, 0.25) is 17.7 Å². The molecule has 3 rings (SSSR count). The van der Waals surface area contributed by atoms with Gasteiger partial charge in [-0.2, -0.15) is 0 Å². The zero-order valence-electron chi connectivity index (χ0n) is 21.8. The van der Waals surface area contributed by atoms with Crippen molar-refractivity contribution < 1.29 is 18.8 Å². The fourth-order valence-corrected chi connectivity index (χ4v) is 5.07. The topological polar surface area (TPSA) is 95.7 Å². The minimum absolute atomic E-state index is 0.0428. The molecule has 1 aliphatic heterocycles. The summed E-state index contributed by atoms with van der Waals surface area (Å²) < 4.78 is 13.2. The minimum Gasteiger partial charge on any atom is -0.370 e. The number of carbonyl (C=O) groups excluding carboxylic acids is 3. The van der Waals surface area contributed by atoms with Crippen LogP contribution in [-0.2, 0) is 27.2 Å². The quantitative estimate of drug-likeness (QED) is 0.431. The molecule has 3 amide bonds. The van der Waals surface area contributed by atoms with Gasteiger partial charge in [-0.3, -0.25) is 19.3 Å². The van der Waals surface area contributed by atoms with Crippen LogP contribution in [0.4, 0.5) is 4.39 Å². The molecule has 0 aromatic heterocycles. The summed E-state index contributed by atoms with van der Waals surface area (Å²) in [6.45, 7) is 5.14. The van der Waals surface area contributed by atoms with Gasteiger partial charge in [-0.15, -0.1) is 0 Å². The SMILES string of the molecule is CC(C)NC(=O)C(Cc1ccc(Cl)c(Cl)c1)N1CCN(C(=O)CCc2ccc(F)cc2)C(CCC(N)=O)C1. The molecule has 2 atom stereocenters. The number of nitrogens with two attached hydrogens (primary N) is 1. The zero-order chi connectivity index (χ0) is 27.8. The highest BCUT2D eigenvalue weighted by atomic mass is 35.5. The number of primary amides is 1. The number of rotatable bonds is 11. The van der Waals surface area contributed by atoms with E-state index in [0.717, 1.165) is 11.1 Å². The van der Waals surface area contributed by atoms with E-state index in [9.17, 15) is 18.8 Å². The molecule has 206 valence electrons. The van der Waals surface area contributed by atoms with Crippen molar-refractivity contribution in [1.29, 1.82) is 0 Å². The highest BCUT2D eigenvalue weighted by Gasteiger charge is 2.36. The van der Waals surface area contributed by atoms with E-state index in [1.54, 1.807) is 29.2 Å². The Kier molecular flexibility index (Phi) is 10.9. The lowest BCUT2D eigenvalue weighted by Crippen LogP contribution is -2.61. The van der Waals surface area contributed by atoms with Crippen molar-refractivity contribution in [2.24, 2.45) is 5.73 Å². The molecule has 2 unspecified atom stereocenters. The molecule has 1 aliphatic rings. The smallest absolute Gasteiger partial charge is 0.237 e.